The van der Waals surface area contributed by atoms with Gasteiger partial charge in [0, 0.05) is 41.3 Å². The second-order valence-corrected chi connectivity index (χ2v) is 8.80. The molecule has 0 saturated carbocycles. The number of rotatable bonds is 8. The van der Waals surface area contributed by atoms with E-state index in [0.717, 1.165) is 22.0 Å². The molecular formula is C27H21FN4O2S. The molecule has 0 fully saturated rings. The molecule has 0 atom stereocenters. The maximum absolute atomic E-state index is 14.4. The number of aromatic nitrogens is 3. The van der Waals surface area contributed by atoms with Crippen LogP contribution in [0.1, 0.15) is 21.6 Å². The summed E-state index contributed by atoms with van der Waals surface area (Å²) in [6.07, 6.45) is 7.12. The molecule has 35 heavy (non-hydrogen) atoms. The average Bonchev–Trinajstić information content (AvgIpc) is 3.31. The predicted octanol–water partition coefficient (Wildman–Crippen LogP) is 5.88. The molecule has 8 heteroatoms. The number of thioether (sulfide) groups is 1. The second kappa shape index (κ2) is 10.4. The Kier molecular flexibility index (Phi) is 6.72. The molecule has 0 bridgehead atoms. The van der Waals surface area contributed by atoms with Crippen molar-refractivity contribution in [3.63, 3.8) is 0 Å². The van der Waals surface area contributed by atoms with Gasteiger partial charge in [0.2, 0.25) is 0 Å². The molecule has 3 aromatic heterocycles. The van der Waals surface area contributed by atoms with Crippen molar-refractivity contribution in [1.29, 1.82) is 0 Å². The van der Waals surface area contributed by atoms with E-state index in [9.17, 15) is 9.18 Å². The van der Waals surface area contributed by atoms with Crippen LogP contribution in [0.25, 0.3) is 5.65 Å². The van der Waals surface area contributed by atoms with Gasteiger partial charge in [-0.1, -0.05) is 12.1 Å². The standard InChI is InChI=1S/C27H21FN4O2S/c28-24-14-19(6-11-25(24)34-22-4-3-12-29-16-22)15-30-27(33)20-7-9-23(10-8-20)35-18-21-17-32-13-2-1-5-26(32)31-21/h1-14,16-17H,15,18H2,(H,30,33). The first-order valence-electron chi connectivity index (χ1n) is 10.9. The summed E-state index contributed by atoms with van der Waals surface area (Å²) in [7, 11) is 0. The van der Waals surface area contributed by atoms with Crippen LogP contribution in [0, 0.1) is 5.82 Å². The van der Waals surface area contributed by atoms with Crippen molar-refractivity contribution in [3.8, 4) is 11.5 Å². The van der Waals surface area contributed by atoms with Crippen molar-refractivity contribution in [2.45, 2.75) is 17.2 Å². The smallest absolute Gasteiger partial charge is 0.251 e. The highest BCUT2D eigenvalue weighted by molar-refractivity contribution is 7.98. The molecule has 0 radical (unpaired) electrons. The Hall–Kier alpha value is -4.17. The number of pyridine rings is 2. The number of halogens is 1. The van der Waals surface area contributed by atoms with Gasteiger partial charge in [0.05, 0.1) is 11.9 Å². The molecule has 2 aromatic carbocycles. The van der Waals surface area contributed by atoms with Gasteiger partial charge in [0.25, 0.3) is 5.91 Å². The van der Waals surface area contributed by atoms with E-state index in [-0.39, 0.29) is 18.2 Å². The van der Waals surface area contributed by atoms with Crippen LogP contribution in [-0.4, -0.2) is 20.3 Å². The summed E-state index contributed by atoms with van der Waals surface area (Å²) in [6, 6.07) is 21.3. The highest BCUT2D eigenvalue weighted by atomic mass is 32.2. The van der Waals surface area contributed by atoms with Crippen molar-refractivity contribution in [2.75, 3.05) is 0 Å². The number of benzene rings is 2. The van der Waals surface area contributed by atoms with Crippen LogP contribution >= 0.6 is 11.8 Å². The number of hydrogen-bond acceptors (Lipinski definition) is 5. The maximum Gasteiger partial charge on any atom is 0.251 e. The molecular weight excluding hydrogens is 463 g/mol. The van der Waals surface area contributed by atoms with Crippen LogP contribution in [-0.2, 0) is 12.3 Å². The summed E-state index contributed by atoms with van der Waals surface area (Å²) in [4.78, 5) is 22.1. The van der Waals surface area contributed by atoms with Gasteiger partial charge in [0.1, 0.15) is 11.4 Å². The molecule has 0 unspecified atom stereocenters. The van der Waals surface area contributed by atoms with Gasteiger partial charge < -0.3 is 14.5 Å². The van der Waals surface area contributed by atoms with Crippen LogP contribution in [0.15, 0.2) is 102 Å². The lowest BCUT2D eigenvalue weighted by atomic mass is 10.2. The third-order valence-electron chi connectivity index (χ3n) is 5.23. The fourth-order valence-corrected chi connectivity index (χ4v) is 4.25. The number of hydrogen-bond donors (Lipinski definition) is 1. The fraction of sp³-hybridized carbons (Fsp3) is 0.0741. The van der Waals surface area contributed by atoms with Crippen molar-refractivity contribution in [2.24, 2.45) is 0 Å². The van der Waals surface area contributed by atoms with Gasteiger partial charge in [-0.3, -0.25) is 9.78 Å². The molecule has 1 N–H and O–H groups in total. The van der Waals surface area contributed by atoms with Crippen LogP contribution in [0.3, 0.4) is 0 Å². The zero-order valence-electron chi connectivity index (χ0n) is 18.6. The normalized spacial score (nSPS) is 10.9. The van der Waals surface area contributed by atoms with Gasteiger partial charge >= 0.3 is 0 Å². The van der Waals surface area contributed by atoms with Crippen LogP contribution in [0.5, 0.6) is 11.5 Å². The number of fused-ring (bicyclic) bond motifs is 1. The summed E-state index contributed by atoms with van der Waals surface area (Å²) in [5.74, 6) is 0.557. The highest BCUT2D eigenvalue weighted by Gasteiger charge is 2.10. The van der Waals surface area contributed by atoms with E-state index < -0.39 is 5.82 Å². The Labute approximate surface area is 205 Å². The third kappa shape index (κ3) is 5.67. The van der Waals surface area contributed by atoms with Gasteiger partial charge in [-0.2, -0.15) is 0 Å². The Morgan fingerprint density at radius 1 is 1.06 bits per heavy atom. The summed E-state index contributed by atoms with van der Waals surface area (Å²) in [5.41, 5.74) is 3.09. The number of carbonyl (C=O) groups excluding carboxylic acids is 1. The van der Waals surface area contributed by atoms with E-state index >= 15 is 0 Å². The van der Waals surface area contributed by atoms with E-state index in [2.05, 4.69) is 15.3 Å². The highest BCUT2D eigenvalue weighted by Crippen LogP contribution is 2.25. The number of nitrogens with zero attached hydrogens (tertiary/aromatic N) is 3. The number of ether oxygens (including phenoxy) is 1. The molecule has 5 aromatic rings. The van der Waals surface area contributed by atoms with Crippen molar-refractivity contribution < 1.29 is 13.9 Å². The molecule has 0 aliphatic rings. The largest absolute Gasteiger partial charge is 0.453 e. The van der Waals surface area contributed by atoms with Gasteiger partial charge in [0.15, 0.2) is 11.6 Å². The maximum atomic E-state index is 14.4. The van der Waals surface area contributed by atoms with E-state index in [0.29, 0.717) is 16.9 Å². The Morgan fingerprint density at radius 3 is 2.71 bits per heavy atom. The molecule has 0 saturated heterocycles. The minimum absolute atomic E-state index is 0.102. The second-order valence-electron chi connectivity index (χ2n) is 7.75. The lowest BCUT2D eigenvalue weighted by molar-refractivity contribution is 0.0951. The van der Waals surface area contributed by atoms with E-state index in [1.165, 1.54) is 12.3 Å². The van der Waals surface area contributed by atoms with Gasteiger partial charge in [-0.15, -0.1) is 11.8 Å². The molecule has 0 aliphatic heterocycles. The topological polar surface area (TPSA) is 68.5 Å². The van der Waals surface area contributed by atoms with E-state index in [1.54, 1.807) is 54.4 Å². The first-order chi connectivity index (χ1) is 17.1. The third-order valence-corrected chi connectivity index (χ3v) is 6.27. The Bertz CT molecular complexity index is 1420. The number of nitrogens with one attached hydrogen (secondary N) is 1. The van der Waals surface area contributed by atoms with Crippen molar-refractivity contribution in [1.82, 2.24) is 19.7 Å². The zero-order valence-corrected chi connectivity index (χ0v) is 19.4. The van der Waals surface area contributed by atoms with Crippen molar-refractivity contribution in [3.05, 3.63) is 120 Å². The lowest BCUT2D eigenvalue weighted by Crippen LogP contribution is -2.22. The Morgan fingerprint density at radius 2 is 1.94 bits per heavy atom. The average molecular weight is 485 g/mol. The summed E-state index contributed by atoms with van der Waals surface area (Å²) >= 11 is 1.66. The number of imidazole rings is 1. The van der Waals surface area contributed by atoms with Gasteiger partial charge in [-0.25, -0.2) is 9.37 Å². The predicted molar refractivity (Wildman–Crippen MR) is 133 cm³/mol. The van der Waals surface area contributed by atoms with Gasteiger partial charge in [-0.05, 0) is 66.2 Å². The lowest BCUT2D eigenvalue weighted by Gasteiger charge is -2.09. The first-order valence-corrected chi connectivity index (χ1v) is 11.9. The quantitative estimate of drug-likeness (QED) is 0.279. The van der Waals surface area contributed by atoms with Crippen LogP contribution < -0.4 is 10.1 Å². The molecule has 3 heterocycles. The summed E-state index contributed by atoms with van der Waals surface area (Å²) in [5, 5.41) is 2.83. The van der Waals surface area contributed by atoms with Crippen LogP contribution in [0.2, 0.25) is 0 Å². The first kappa shape index (κ1) is 22.6. The van der Waals surface area contributed by atoms with Crippen LogP contribution in [0.4, 0.5) is 4.39 Å². The number of amides is 1. The molecule has 5 rings (SSSR count). The molecule has 6 nitrogen and oxygen atoms in total. The summed E-state index contributed by atoms with van der Waals surface area (Å²) < 4.78 is 21.9. The SMILES string of the molecule is O=C(NCc1ccc(Oc2cccnc2)c(F)c1)c1ccc(SCc2cn3ccccc3n2)cc1. The zero-order chi connectivity index (χ0) is 24.0. The summed E-state index contributed by atoms with van der Waals surface area (Å²) in [6.45, 7) is 0.202. The molecule has 0 aliphatic carbocycles. The molecule has 174 valence electrons. The minimum atomic E-state index is -0.507. The Balaban J connectivity index is 1.14. The molecule has 0 spiro atoms. The van der Waals surface area contributed by atoms with E-state index in [4.69, 9.17) is 4.74 Å². The fourth-order valence-electron chi connectivity index (χ4n) is 3.47. The van der Waals surface area contributed by atoms with Crippen molar-refractivity contribution >= 4 is 23.3 Å². The van der Waals surface area contributed by atoms with E-state index in [1.807, 2.05) is 47.1 Å². The molecule has 1 amide bonds. The number of carbonyl (C=O) groups is 1. The monoisotopic (exact) mass is 484 g/mol. The minimum Gasteiger partial charge on any atom is -0.453 e.